The molecule has 0 saturated carbocycles. The first-order chi connectivity index (χ1) is 11.7. The number of benzene rings is 1. The zero-order valence-corrected chi connectivity index (χ0v) is 14.4. The summed E-state index contributed by atoms with van der Waals surface area (Å²) in [5, 5.41) is 5.10. The van der Waals surface area contributed by atoms with Crippen molar-refractivity contribution in [3.05, 3.63) is 58.4 Å². The lowest BCUT2D eigenvalue weighted by Crippen LogP contribution is -2.25. The van der Waals surface area contributed by atoms with Crippen molar-refractivity contribution in [3.8, 4) is 11.3 Å². The Hall–Kier alpha value is -2.33. The van der Waals surface area contributed by atoms with Gasteiger partial charge in [0.05, 0.1) is 10.6 Å². The molecule has 0 saturated heterocycles. The fourth-order valence-corrected chi connectivity index (χ4v) is 3.89. The minimum atomic E-state index is -4.69. The van der Waals surface area contributed by atoms with E-state index >= 15 is 0 Å². The van der Waals surface area contributed by atoms with Gasteiger partial charge in [-0.15, -0.1) is 16.4 Å². The maximum Gasteiger partial charge on any atom is 0.435 e. The molecule has 3 rings (SSSR count). The van der Waals surface area contributed by atoms with Gasteiger partial charge < -0.3 is 0 Å². The van der Waals surface area contributed by atoms with Crippen LogP contribution in [0.1, 0.15) is 10.6 Å². The zero-order chi connectivity index (χ0) is 18.2. The summed E-state index contributed by atoms with van der Waals surface area (Å²) >= 11 is 1.34. The number of aryl methyl sites for hydroxylation is 1. The van der Waals surface area contributed by atoms with Gasteiger partial charge in [0.2, 0.25) is 0 Å². The number of hydrogen-bond donors (Lipinski definition) is 1. The topological polar surface area (TPSA) is 64.0 Å². The molecule has 1 aromatic carbocycles. The summed E-state index contributed by atoms with van der Waals surface area (Å²) in [5.74, 6) is 0. The molecule has 2 aromatic heterocycles. The first-order valence-electron chi connectivity index (χ1n) is 6.98. The van der Waals surface area contributed by atoms with Crippen LogP contribution in [0.3, 0.4) is 0 Å². The number of alkyl halides is 3. The molecule has 5 nitrogen and oxygen atoms in total. The minimum Gasteiger partial charge on any atom is -0.200 e. The van der Waals surface area contributed by atoms with Crippen LogP contribution < -0.4 is 4.83 Å². The first-order valence-corrected chi connectivity index (χ1v) is 9.34. The fraction of sp³-hybridized carbons (Fsp3) is 0.133. The second kappa shape index (κ2) is 6.19. The average Bonchev–Trinajstić information content (AvgIpc) is 3.13. The molecule has 0 unspecified atom stereocenters. The fourth-order valence-electron chi connectivity index (χ4n) is 2.20. The van der Waals surface area contributed by atoms with Crippen LogP contribution in [0.25, 0.3) is 11.3 Å². The van der Waals surface area contributed by atoms with Crippen LogP contribution in [0.4, 0.5) is 13.2 Å². The van der Waals surface area contributed by atoms with Gasteiger partial charge in [-0.05, 0) is 36.6 Å². The molecule has 0 spiro atoms. The van der Waals surface area contributed by atoms with Gasteiger partial charge in [0.1, 0.15) is 0 Å². The Morgan fingerprint density at radius 2 is 1.84 bits per heavy atom. The highest BCUT2D eigenvalue weighted by Crippen LogP contribution is 2.34. The van der Waals surface area contributed by atoms with Crippen LogP contribution in [-0.2, 0) is 16.2 Å². The van der Waals surface area contributed by atoms with Crippen molar-refractivity contribution in [1.82, 2.24) is 9.89 Å². The van der Waals surface area contributed by atoms with Crippen LogP contribution in [0.15, 0.2) is 52.7 Å². The van der Waals surface area contributed by atoms with Crippen LogP contribution in [0.5, 0.6) is 0 Å². The Morgan fingerprint density at radius 1 is 1.16 bits per heavy atom. The molecule has 0 fully saturated rings. The van der Waals surface area contributed by atoms with Crippen LogP contribution in [0, 0.1) is 6.92 Å². The summed E-state index contributed by atoms with van der Waals surface area (Å²) in [6.07, 6.45) is -4.69. The summed E-state index contributed by atoms with van der Waals surface area (Å²) < 4.78 is 63.9. The van der Waals surface area contributed by atoms with Crippen LogP contribution in [-0.4, -0.2) is 18.3 Å². The normalized spacial score (nSPS) is 12.3. The van der Waals surface area contributed by atoms with Crippen LogP contribution >= 0.6 is 11.3 Å². The standard InChI is InChI=1S/C15H12F3N3O2S2/c1-10-12(7-8-24-10)13-9-14(15(16,17)18)19-21(13)20-25(22,23)11-5-3-2-4-6-11/h2-9,20H,1H3. The Labute approximate surface area is 145 Å². The number of sulfonamides is 1. The van der Waals surface area contributed by atoms with Gasteiger partial charge >= 0.3 is 6.18 Å². The number of nitrogens with zero attached hydrogens (tertiary/aromatic N) is 2. The second-order valence-corrected chi connectivity index (χ2v) is 7.90. The van der Waals surface area contributed by atoms with Crippen molar-refractivity contribution in [2.75, 3.05) is 4.83 Å². The first kappa shape index (κ1) is 17.5. The summed E-state index contributed by atoms with van der Waals surface area (Å²) in [7, 11) is -4.09. The molecule has 2 heterocycles. The molecule has 3 aromatic rings. The number of rotatable bonds is 4. The van der Waals surface area contributed by atoms with E-state index in [1.54, 1.807) is 24.4 Å². The van der Waals surface area contributed by atoms with Gasteiger partial charge in [-0.25, -0.2) is 0 Å². The third-order valence-corrected chi connectivity index (χ3v) is 5.55. The molecule has 10 heteroatoms. The Bertz CT molecular complexity index is 993. The molecule has 0 aliphatic rings. The van der Waals surface area contributed by atoms with Crippen molar-refractivity contribution in [2.45, 2.75) is 18.0 Å². The largest absolute Gasteiger partial charge is 0.435 e. The van der Waals surface area contributed by atoms with Gasteiger partial charge in [0.15, 0.2) is 5.69 Å². The highest BCUT2D eigenvalue weighted by Gasteiger charge is 2.36. The molecule has 0 bridgehead atoms. The third kappa shape index (κ3) is 3.54. The number of halogens is 3. The van der Waals surface area contributed by atoms with E-state index in [1.165, 1.54) is 35.6 Å². The smallest absolute Gasteiger partial charge is 0.200 e. The highest BCUT2D eigenvalue weighted by molar-refractivity contribution is 7.92. The Balaban J connectivity index is 2.09. The van der Waals surface area contributed by atoms with E-state index in [4.69, 9.17) is 0 Å². The van der Waals surface area contributed by atoms with E-state index in [-0.39, 0.29) is 10.6 Å². The van der Waals surface area contributed by atoms with Gasteiger partial charge in [-0.2, -0.15) is 31.2 Å². The lowest BCUT2D eigenvalue weighted by atomic mass is 10.2. The maximum absolute atomic E-state index is 13.0. The van der Waals surface area contributed by atoms with Gasteiger partial charge in [0.25, 0.3) is 10.0 Å². The SMILES string of the molecule is Cc1sccc1-c1cc(C(F)(F)F)nn1NS(=O)(=O)c1ccccc1. The van der Waals surface area contributed by atoms with Gasteiger partial charge in [0, 0.05) is 10.4 Å². The minimum absolute atomic E-state index is 0.0191. The van der Waals surface area contributed by atoms with Crippen molar-refractivity contribution in [1.29, 1.82) is 0 Å². The lowest BCUT2D eigenvalue weighted by Gasteiger charge is -2.11. The Kier molecular flexibility index (Phi) is 4.33. The van der Waals surface area contributed by atoms with E-state index in [0.717, 1.165) is 10.9 Å². The molecule has 0 radical (unpaired) electrons. The number of hydrogen-bond acceptors (Lipinski definition) is 4. The summed E-state index contributed by atoms with van der Waals surface area (Å²) in [5.41, 5.74) is -0.682. The Morgan fingerprint density at radius 3 is 2.40 bits per heavy atom. The van der Waals surface area contributed by atoms with Crippen molar-refractivity contribution in [3.63, 3.8) is 0 Å². The number of thiophene rings is 1. The molecule has 0 amide bonds. The molecule has 132 valence electrons. The monoisotopic (exact) mass is 387 g/mol. The second-order valence-electron chi connectivity index (χ2n) is 5.12. The van der Waals surface area contributed by atoms with E-state index in [1.807, 2.05) is 0 Å². The molecule has 0 atom stereocenters. The molecular weight excluding hydrogens is 375 g/mol. The quantitative estimate of drug-likeness (QED) is 0.739. The van der Waals surface area contributed by atoms with E-state index < -0.39 is 21.9 Å². The predicted octanol–water partition coefficient (Wildman–Crippen LogP) is 3.87. The van der Waals surface area contributed by atoms with Crippen molar-refractivity contribution < 1.29 is 21.6 Å². The molecule has 0 aliphatic carbocycles. The average molecular weight is 387 g/mol. The van der Waals surface area contributed by atoms with Gasteiger partial charge in [-0.3, -0.25) is 0 Å². The molecule has 25 heavy (non-hydrogen) atoms. The molecule has 1 N–H and O–H groups in total. The van der Waals surface area contributed by atoms with E-state index in [9.17, 15) is 21.6 Å². The third-order valence-electron chi connectivity index (χ3n) is 3.39. The highest BCUT2D eigenvalue weighted by atomic mass is 32.2. The van der Waals surface area contributed by atoms with E-state index in [2.05, 4.69) is 9.93 Å². The number of nitrogens with one attached hydrogen (secondary N) is 1. The lowest BCUT2D eigenvalue weighted by molar-refractivity contribution is -0.141. The zero-order valence-electron chi connectivity index (χ0n) is 12.8. The summed E-state index contributed by atoms with van der Waals surface area (Å²) in [6.45, 7) is 1.73. The predicted molar refractivity (Wildman–Crippen MR) is 88.3 cm³/mol. The van der Waals surface area contributed by atoms with Gasteiger partial charge in [-0.1, -0.05) is 18.2 Å². The van der Waals surface area contributed by atoms with Crippen molar-refractivity contribution in [2.24, 2.45) is 0 Å². The summed E-state index contributed by atoms with van der Waals surface area (Å²) in [4.78, 5) is 3.41. The van der Waals surface area contributed by atoms with Crippen LogP contribution in [0.2, 0.25) is 0 Å². The maximum atomic E-state index is 13.0. The molecule has 0 aliphatic heterocycles. The molecular formula is C15H12F3N3O2S2. The van der Waals surface area contributed by atoms with Crippen molar-refractivity contribution >= 4 is 21.4 Å². The number of aromatic nitrogens is 2. The van der Waals surface area contributed by atoms with E-state index in [0.29, 0.717) is 10.4 Å². The summed E-state index contributed by atoms with van der Waals surface area (Å²) in [6, 6.07) is 9.78.